The van der Waals surface area contributed by atoms with E-state index in [1.807, 2.05) is 18.2 Å². The van der Waals surface area contributed by atoms with Crippen LogP contribution in [-0.2, 0) is 6.54 Å². The summed E-state index contributed by atoms with van der Waals surface area (Å²) >= 11 is 0. The number of hydrogen-bond donors (Lipinski definition) is 2. The van der Waals surface area contributed by atoms with Gasteiger partial charge in [-0.05, 0) is 29.8 Å². The number of anilines is 1. The summed E-state index contributed by atoms with van der Waals surface area (Å²) in [5.74, 6) is 2.11. The number of nitrogens with zero attached hydrogens (tertiary/aromatic N) is 1. The van der Waals surface area contributed by atoms with E-state index in [2.05, 4.69) is 15.6 Å². The molecule has 10 heteroatoms. The zero-order valence-electron chi connectivity index (χ0n) is 17.2. The number of halogens is 3. The second-order valence-corrected chi connectivity index (χ2v) is 6.65. The van der Waals surface area contributed by atoms with E-state index in [0.29, 0.717) is 37.2 Å². The second kappa shape index (κ2) is 10.1. The van der Waals surface area contributed by atoms with Crippen molar-refractivity contribution in [2.75, 3.05) is 39.3 Å². The third-order valence-electron chi connectivity index (χ3n) is 4.31. The summed E-state index contributed by atoms with van der Waals surface area (Å²) in [5.41, 5.74) is 1.55. The summed E-state index contributed by atoms with van der Waals surface area (Å²) in [6.45, 7) is 0.188. The highest BCUT2D eigenvalue weighted by Crippen LogP contribution is 2.32. The van der Waals surface area contributed by atoms with Crippen molar-refractivity contribution >= 4 is 11.6 Å². The number of hydrogen-bond acceptors (Lipinski definition) is 5. The molecule has 0 aliphatic carbocycles. The number of aliphatic imine (C=N–C) groups is 1. The Balaban J connectivity index is 1.61. The molecule has 1 aliphatic heterocycles. The monoisotopic (exact) mass is 439 g/mol. The molecule has 1 aliphatic rings. The van der Waals surface area contributed by atoms with E-state index in [0.717, 1.165) is 17.7 Å². The SMILES string of the molecule is CN=C(NCc1ccc(OCC(F)(F)F)c(OC)c1)Nc1ccc2c(c1)OCCCO2. The molecule has 0 saturated carbocycles. The molecule has 1 heterocycles. The Morgan fingerprint density at radius 1 is 1.06 bits per heavy atom. The predicted molar refractivity (Wildman–Crippen MR) is 110 cm³/mol. The van der Waals surface area contributed by atoms with Crippen molar-refractivity contribution in [2.24, 2.45) is 4.99 Å². The van der Waals surface area contributed by atoms with Gasteiger partial charge in [-0.15, -0.1) is 0 Å². The first-order chi connectivity index (χ1) is 14.9. The predicted octanol–water partition coefficient (Wildman–Crippen LogP) is 3.99. The van der Waals surface area contributed by atoms with Gasteiger partial charge < -0.3 is 29.6 Å². The van der Waals surface area contributed by atoms with Crippen LogP contribution in [-0.4, -0.2) is 46.1 Å². The first-order valence-corrected chi connectivity index (χ1v) is 9.62. The molecule has 0 amide bonds. The number of benzene rings is 2. The molecule has 0 aromatic heterocycles. The van der Waals surface area contributed by atoms with Gasteiger partial charge in [0.05, 0.1) is 20.3 Å². The third-order valence-corrected chi connectivity index (χ3v) is 4.31. The molecule has 0 saturated heterocycles. The number of fused-ring (bicyclic) bond motifs is 1. The lowest BCUT2D eigenvalue weighted by molar-refractivity contribution is -0.153. The number of alkyl halides is 3. The minimum atomic E-state index is -4.42. The maximum absolute atomic E-state index is 12.4. The van der Waals surface area contributed by atoms with Crippen molar-refractivity contribution in [3.05, 3.63) is 42.0 Å². The first-order valence-electron chi connectivity index (χ1n) is 9.62. The van der Waals surface area contributed by atoms with E-state index in [-0.39, 0.29) is 11.5 Å². The Morgan fingerprint density at radius 2 is 1.84 bits per heavy atom. The Kier molecular flexibility index (Phi) is 7.32. The molecule has 31 heavy (non-hydrogen) atoms. The summed E-state index contributed by atoms with van der Waals surface area (Å²) in [7, 11) is 3.00. The summed E-state index contributed by atoms with van der Waals surface area (Å²) in [4.78, 5) is 4.19. The number of rotatable bonds is 6. The zero-order valence-corrected chi connectivity index (χ0v) is 17.2. The summed E-state index contributed by atoms with van der Waals surface area (Å²) in [6.07, 6.45) is -3.60. The smallest absolute Gasteiger partial charge is 0.422 e. The molecule has 0 atom stereocenters. The van der Waals surface area contributed by atoms with Crippen molar-refractivity contribution in [3.63, 3.8) is 0 Å². The zero-order chi connectivity index (χ0) is 22.3. The van der Waals surface area contributed by atoms with Crippen molar-refractivity contribution in [1.82, 2.24) is 5.32 Å². The van der Waals surface area contributed by atoms with Crippen LogP contribution in [0.15, 0.2) is 41.4 Å². The van der Waals surface area contributed by atoms with Crippen LogP contribution in [0.3, 0.4) is 0 Å². The lowest BCUT2D eigenvalue weighted by atomic mass is 10.2. The molecular formula is C21H24F3N3O4. The Labute approximate surface area is 178 Å². The normalized spacial score (nSPS) is 13.9. The molecule has 2 aromatic rings. The lowest BCUT2D eigenvalue weighted by Gasteiger charge is -2.16. The van der Waals surface area contributed by atoms with Crippen molar-refractivity contribution < 1.29 is 32.1 Å². The van der Waals surface area contributed by atoms with Crippen LogP contribution in [0.25, 0.3) is 0 Å². The van der Waals surface area contributed by atoms with Gasteiger partial charge >= 0.3 is 6.18 Å². The topological polar surface area (TPSA) is 73.3 Å². The molecule has 2 aromatic carbocycles. The molecule has 0 spiro atoms. The van der Waals surface area contributed by atoms with E-state index in [4.69, 9.17) is 18.9 Å². The Morgan fingerprint density at radius 3 is 2.55 bits per heavy atom. The highest BCUT2D eigenvalue weighted by atomic mass is 19.4. The average Bonchev–Trinajstić information content (AvgIpc) is 2.99. The molecule has 0 unspecified atom stereocenters. The average molecular weight is 439 g/mol. The maximum atomic E-state index is 12.4. The van der Waals surface area contributed by atoms with Crippen LogP contribution in [0.4, 0.5) is 18.9 Å². The number of guanidine groups is 1. The Hall–Kier alpha value is -3.30. The fourth-order valence-corrected chi connectivity index (χ4v) is 2.84. The van der Waals surface area contributed by atoms with Crippen LogP contribution in [0.5, 0.6) is 23.0 Å². The quantitative estimate of drug-likeness (QED) is 0.524. The van der Waals surface area contributed by atoms with Gasteiger partial charge in [0.1, 0.15) is 0 Å². The van der Waals surface area contributed by atoms with Crippen molar-refractivity contribution in [2.45, 2.75) is 19.1 Å². The highest BCUT2D eigenvalue weighted by Gasteiger charge is 2.29. The van der Waals surface area contributed by atoms with Gasteiger partial charge in [0.2, 0.25) is 0 Å². The van der Waals surface area contributed by atoms with E-state index >= 15 is 0 Å². The first kappa shape index (κ1) is 22.4. The number of nitrogens with one attached hydrogen (secondary N) is 2. The van der Waals surface area contributed by atoms with Gasteiger partial charge in [0, 0.05) is 31.8 Å². The van der Waals surface area contributed by atoms with Crippen LogP contribution in [0.1, 0.15) is 12.0 Å². The maximum Gasteiger partial charge on any atom is 0.422 e. The van der Waals surface area contributed by atoms with E-state index in [9.17, 15) is 13.2 Å². The van der Waals surface area contributed by atoms with Gasteiger partial charge in [-0.25, -0.2) is 0 Å². The van der Waals surface area contributed by atoms with Gasteiger partial charge in [-0.1, -0.05) is 6.07 Å². The molecule has 3 rings (SSSR count). The third kappa shape index (κ3) is 6.59. The summed E-state index contributed by atoms with van der Waals surface area (Å²) < 4.78 is 58.4. The van der Waals surface area contributed by atoms with Crippen LogP contribution < -0.4 is 29.6 Å². The second-order valence-electron chi connectivity index (χ2n) is 6.65. The highest BCUT2D eigenvalue weighted by molar-refractivity contribution is 5.93. The van der Waals surface area contributed by atoms with Crippen molar-refractivity contribution in [1.29, 1.82) is 0 Å². The van der Waals surface area contributed by atoms with Crippen molar-refractivity contribution in [3.8, 4) is 23.0 Å². The molecule has 7 nitrogen and oxygen atoms in total. The minimum Gasteiger partial charge on any atom is -0.493 e. The van der Waals surface area contributed by atoms with Gasteiger partial charge in [-0.2, -0.15) is 13.2 Å². The number of ether oxygens (including phenoxy) is 4. The molecule has 0 radical (unpaired) electrons. The lowest BCUT2D eigenvalue weighted by Crippen LogP contribution is -2.30. The number of methoxy groups -OCH3 is 1. The molecule has 168 valence electrons. The molecule has 0 fully saturated rings. The minimum absolute atomic E-state index is 0.0262. The van der Waals surface area contributed by atoms with Crippen LogP contribution in [0, 0.1) is 0 Å². The van der Waals surface area contributed by atoms with Crippen LogP contribution in [0.2, 0.25) is 0 Å². The van der Waals surface area contributed by atoms with E-state index in [1.165, 1.54) is 13.2 Å². The summed E-state index contributed by atoms with van der Waals surface area (Å²) in [6, 6.07) is 10.2. The molecular weight excluding hydrogens is 415 g/mol. The summed E-state index contributed by atoms with van der Waals surface area (Å²) in [5, 5.41) is 6.31. The van der Waals surface area contributed by atoms with Gasteiger partial charge in [0.15, 0.2) is 35.6 Å². The molecule has 0 bridgehead atoms. The van der Waals surface area contributed by atoms with E-state index in [1.54, 1.807) is 19.2 Å². The molecule has 2 N–H and O–H groups in total. The fraction of sp³-hybridized carbons (Fsp3) is 0.381. The van der Waals surface area contributed by atoms with Crippen LogP contribution >= 0.6 is 0 Å². The Bertz CT molecular complexity index is 919. The fourth-order valence-electron chi connectivity index (χ4n) is 2.84. The largest absolute Gasteiger partial charge is 0.493 e. The van der Waals surface area contributed by atoms with Gasteiger partial charge in [-0.3, -0.25) is 4.99 Å². The van der Waals surface area contributed by atoms with Gasteiger partial charge in [0.25, 0.3) is 0 Å². The van der Waals surface area contributed by atoms with E-state index < -0.39 is 12.8 Å². The standard InChI is InChI=1S/C21H24F3N3O4/c1-25-20(27-15-5-7-17-19(11-15)30-9-3-8-29-17)26-12-14-4-6-16(18(10-14)28-2)31-13-21(22,23)24/h4-7,10-11H,3,8-9,12-13H2,1-2H3,(H2,25,26,27).